The number of hydrogen-bond acceptors (Lipinski definition) is 5. The second-order valence-corrected chi connectivity index (χ2v) is 4.57. The van der Waals surface area contributed by atoms with Gasteiger partial charge in [-0.3, -0.25) is 0 Å². The zero-order valence-electron chi connectivity index (χ0n) is 8.61. The molecule has 0 aliphatic rings. The number of hydrogen-bond donors (Lipinski definition) is 2. The maximum atomic E-state index is 8.67. The number of aliphatic hydroxyl groups excluding tert-OH is 1. The standard InChI is InChI=1S/C10H12ClN3OS/c11-10-13-8(12-4-1-2-5-15)7-3-6-16-9(7)14-10/h3,6,15H,1-2,4-5H2,(H,12,13,14). The molecule has 0 aromatic carbocycles. The van der Waals surface area contributed by atoms with E-state index in [9.17, 15) is 0 Å². The molecule has 0 aliphatic carbocycles. The molecule has 0 spiro atoms. The van der Waals surface area contributed by atoms with Crippen LogP contribution in [-0.4, -0.2) is 28.2 Å². The topological polar surface area (TPSA) is 58.0 Å². The number of fused-ring (bicyclic) bond motifs is 1. The lowest BCUT2D eigenvalue weighted by atomic mass is 10.3. The summed E-state index contributed by atoms with van der Waals surface area (Å²) in [4.78, 5) is 9.19. The van der Waals surface area contributed by atoms with Crippen molar-refractivity contribution in [3.8, 4) is 0 Å². The summed E-state index contributed by atoms with van der Waals surface area (Å²) in [5, 5.41) is 15.1. The largest absolute Gasteiger partial charge is 0.396 e. The van der Waals surface area contributed by atoms with E-state index in [1.807, 2.05) is 11.4 Å². The lowest BCUT2D eigenvalue weighted by Crippen LogP contribution is -2.05. The van der Waals surface area contributed by atoms with Gasteiger partial charge in [-0.05, 0) is 35.9 Å². The van der Waals surface area contributed by atoms with Crippen molar-refractivity contribution >= 4 is 39.0 Å². The summed E-state index contributed by atoms with van der Waals surface area (Å²) in [5.74, 6) is 0.772. The van der Waals surface area contributed by atoms with Crippen LogP contribution in [0.5, 0.6) is 0 Å². The number of aliphatic hydroxyl groups is 1. The molecule has 0 radical (unpaired) electrons. The van der Waals surface area contributed by atoms with Crippen molar-refractivity contribution in [2.75, 3.05) is 18.5 Å². The Morgan fingerprint density at radius 1 is 1.38 bits per heavy atom. The first-order valence-corrected chi connectivity index (χ1v) is 6.32. The molecular weight excluding hydrogens is 246 g/mol. The molecule has 0 bridgehead atoms. The Hall–Kier alpha value is -0.910. The van der Waals surface area contributed by atoms with Gasteiger partial charge in [-0.15, -0.1) is 11.3 Å². The van der Waals surface area contributed by atoms with Gasteiger partial charge in [0.05, 0.1) is 5.39 Å². The number of nitrogens with one attached hydrogen (secondary N) is 1. The molecular formula is C10H12ClN3OS. The van der Waals surface area contributed by atoms with Crippen LogP contribution in [0.1, 0.15) is 12.8 Å². The minimum atomic E-state index is 0.222. The van der Waals surface area contributed by atoms with Crippen molar-refractivity contribution in [2.24, 2.45) is 0 Å². The van der Waals surface area contributed by atoms with Crippen LogP contribution in [0.4, 0.5) is 5.82 Å². The first-order valence-electron chi connectivity index (χ1n) is 5.07. The number of unbranched alkanes of at least 4 members (excludes halogenated alkanes) is 1. The van der Waals surface area contributed by atoms with Crippen molar-refractivity contribution < 1.29 is 5.11 Å². The average Bonchev–Trinajstić information content (AvgIpc) is 2.72. The molecule has 0 fully saturated rings. The molecule has 0 aliphatic heterocycles. The molecule has 2 N–H and O–H groups in total. The fraction of sp³-hybridized carbons (Fsp3) is 0.400. The maximum Gasteiger partial charge on any atom is 0.225 e. The van der Waals surface area contributed by atoms with E-state index in [-0.39, 0.29) is 11.9 Å². The average molecular weight is 258 g/mol. The fourth-order valence-electron chi connectivity index (χ4n) is 1.41. The zero-order valence-corrected chi connectivity index (χ0v) is 10.2. The molecule has 86 valence electrons. The minimum Gasteiger partial charge on any atom is -0.396 e. The first-order chi connectivity index (χ1) is 7.81. The Morgan fingerprint density at radius 2 is 2.25 bits per heavy atom. The molecule has 0 atom stereocenters. The van der Waals surface area contributed by atoms with Gasteiger partial charge in [-0.25, -0.2) is 9.97 Å². The van der Waals surface area contributed by atoms with Crippen LogP contribution >= 0.6 is 22.9 Å². The summed E-state index contributed by atoms with van der Waals surface area (Å²) in [6, 6.07) is 1.98. The number of anilines is 1. The van der Waals surface area contributed by atoms with E-state index in [1.54, 1.807) is 11.3 Å². The molecule has 0 unspecified atom stereocenters. The third-order valence-corrected chi connectivity index (χ3v) is 3.15. The summed E-state index contributed by atoms with van der Waals surface area (Å²) in [7, 11) is 0. The Labute approximate surface area is 102 Å². The third kappa shape index (κ3) is 2.61. The highest BCUT2D eigenvalue weighted by atomic mass is 35.5. The van der Waals surface area contributed by atoms with E-state index >= 15 is 0 Å². The van der Waals surface area contributed by atoms with E-state index < -0.39 is 0 Å². The number of halogens is 1. The first kappa shape index (κ1) is 11.6. The van der Waals surface area contributed by atoms with E-state index in [0.29, 0.717) is 0 Å². The Morgan fingerprint density at radius 3 is 3.06 bits per heavy atom. The zero-order chi connectivity index (χ0) is 11.4. The predicted octanol–water partition coefficient (Wildman–Crippen LogP) is 2.53. The number of nitrogens with zero attached hydrogens (tertiary/aromatic N) is 2. The van der Waals surface area contributed by atoms with E-state index in [1.165, 1.54) is 0 Å². The molecule has 2 aromatic heterocycles. The fourth-order valence-corrected chi connectivity index (χ4v) is 2.39. The summed E-state index contributed by atoms with van der Waals surface area (Å²) >= 11 is 7.37. The van der Waals surface area contributed by atoms with Crippen LogP contribution in [0.25, 0.3) is 10.2 Å². The molecule has 4 nitrogen and oxygen atoms in total. The van der Waals surface area contributed by atoms with Crippen molar-refractivity contribution in [3.05, 3.63) is 16.7 Å². The second kappa shape index (κ2) is 5.43. The van der Waals surface area contributed by atoms with Crippen LogP contribution in [0.3, 0.4) is 0 Å². The summed E-state index contributed by atoms with van der Waals surface area (Å²) in [6.07, 6.45) is 1.70. The smallest absolute Gasteiger partial charge is 0.225 e. The predicted molar refractivity (Wildman–Crippen MR) is 67.2 cm³/mol. The van der Waals surface area contributed by atoms with Gasteiger partial charge in [0.2, 0.25) is 5.28 Å². The molecule has 2 aromatic rings. The van der Waals surface area contributed by atoms with Gasteiger partial charge in [-0.1, -0.05) is 0 Å². The van der Waals surface area contributed by atoms with Crippen molar-refractivity contribution in [1.29, 1.82) is 0 Å². The van der Waals surface area contributed by atoms with Crippen molar-refractivity contribution in [3.63, 3.8) is 0 Å². The van der Waals surface area contributed by atoms with Gasteiger partial charge in [-0.2, -0.15) is 0 Å². The van der Waals surface area contributed by atoms with Crippen LogP contribution in [0.15, 0.2) is 11.4 Å². The Bertz CT molecular complexity index is 474. The minimum absolute atomic E-state index is 0.222. The van der Waals surface area contributed by atoms with Crippen LogP contribution in [0.2, 0.25) is 5.28 Å². The molecule has 2 rings (SSSR count). The summed E-state index contributed by atoms with van der Waals surface area (Å²) in [5.41, 5.74) is 0. The highest BCUT2D eigenvalue weighted by molar-refractivity contribution is 7.16. The van der Waals surface area contributed by atoms with E-state index in [4.69, 9.17) is 16.7 Å². The molecule has 16 heavy (non-hydrogen) atoms. The number of thiophene rings is 1. The van der Waals surface area contributed by atoms with Gasteiger partial charge < -0.3 is 10.4 Å². The monoisotopic (exact) mass is 257 g/mol. The van der Waals surface area contributed by atoms with Crippen LogP contribution in [0, 0.1) is 0 Å². The van der Waals surface area contributed by atoms with Gasteiger partial charge in [0.25, 0.3) is 0 Å². The van der Waals surface area contributed by atoms with E-state index in [0.717, 1.165) is 35.4 Å². The van der Waals surface area contributed by atoms with Gasteiger partial charge >= 0.3 is 0 Å². The summed E-state index contributed by atoms with van der Waals surface area (Å²) < 4.78 is 0. The van der Waals surface area contributed by atoms with Gasteiger partial charge in [0.15, 0.2) is 0 Å². The van der Waals surface area contributed by atoms with Gasteiger partial charge in [0.1, 0.15) is 10.6 Å². The van der Waals surface area contributed by atoms with Crippen LogP contribution < -0.4 is 5.32 Å². The quantitative estimate of drug-likeness (QED) is 0.638. The molecule has 6 heteroatoms. The molecule has 0 saturated heterocycles. The van der Waals surface area contributed by atoms with Crippen molar-refractivity contribution in [1.82, 2.24) is 9.97 Å². The lowest BCUT2D eigenvalue weighted by molar-refractivity contribution is 0.286. The number of rotatable bonds is 5. The lowest BCUT2D eigenvalue weighted by Gasteiger charge is -2.06. The summed E-state index contributed by atoms with van der Waals surface area (Å²) in [6.45, 7) is 0.999. The highest BCUT2D eigenvalue weighted by Crippen LogP contribution is 2.26. The van der Waals surface area contributed by atoms with Crippen molar-refractivity contribution in [2.45, 2.75) is 12.8 Å². The SMILES string of the molecule is OCCCCNc1nc(Cl)nc2sccc12. The van der Waals surface area contributed by atoms with Crippen LogP contribution in [-0.2, 0) is 0 Å². The van der Waals surface area contributed by atoms with E-state index in [2.05, 4.69) is 15.3 Å². The number of aromatic nitrogens is 2. The highest BCUT2D eigenvalue weighted by Gasteiger charge is 2.06. The Kier molecular flexibility index (Phi) is 3.93. The third-order valence-electron chi connectivity index (χ3n) is 2.18. The molecule has 2 heterocycles. The maximum absolute atomic E-state index is 8.67. The normalized spacial score (nSPS) is 10.9. The second-order valence-electron chi connectivity index (χ2n) is 3.34. The molecule has 0 saturated carbocycles. The van der Waals surface area contributed by atoms with Gasteiger partial charge in [0, 0.05) is 13.2 Å². The molecule has 0 amide bonds. The Balaban J connectivity index is 2.12.